The highest BCUT2D eigenvalue weighted by Crippen LogP contribution is 2.59. The number of hydrogen-bond donors (Lipinski definition) is 0. The van der Waals surface area contributed by atoms with Gasteiger partial charge in [0, 0.05) is 27.8 Å². The molecule has 0 N–H and O–H groups in total. The van der Waals surface area contributed by atoms with Gasteiger partial charge in [-0.05, 0) is 132 Å². The molecule has 0 unspecified atom stereocenters. The molecule has 0 amide bonds. The van der Waals surface area contributed by atoms with Crippen LogP contribution in [0.3, 0.4) is 0 Å². The zero-order valence-electron chi connectivity index (χ0n) is 38.3. The molecule has 0 spiro atoms. The molecular formula is C68H45NO. The minimum Gasteiger partial charge on any atom is -0.456 e. The van der Waals surface area contributed by atoms with E-state index in [0.717, 1.165) is 50.1 Å². The third-order valence-electron chi connectivity index (χ3n) is 15.3. The maximum absolute atomic E-state index is 6.22. The van der Waals surface area contributed by atoms with Crippen molar-refractivity contribution in [1.82, 2.24) is 0 Å². The van der Waals surface area contributed by atoms with E-state index in [2.05, 4.69) is 266 Å². The van der Waals surface area contributed by atoms with E-state index in [1.807, 2.05) is 12.1 Å². The first kappa shape index (κ1) is 40.1. The van der Waals surface area contributed by atoms with Gasteiger partial charge in [-0.1, -0.05) is 218 Å². The highest BCUT2D eigenvalue weighted by Gasteiger charge is 2.47. The smallest absolute Gasteiger partial charge is 0.135 e. The van der Waals surface area contributed by atoms with E-state index >= 15 is 0 Å². The molecule has 1 heterocycles. The fourth-order valence-electron chi connectivity index (χ4n) is 12.3. The van der Waals surface area contributed by atoms with Gasteiger partial charge >= 0.3 is 0 Å². The van der Waals surface area contributed by atoms with E-state index in [1.54, 1.807) is 0 Å². The van der Waals surface area contributed by atoms with E-state index in [4.69, 9.17) is 4.42 Å². The van der Waals surface area contributed by atoms with Crippen molar-refractivity contribution in [2.75, 3.05) is 4.90 Å². The topological polar surface area (TPSA) is 16.4 Å². The first-order chi connectivity index (χ1) is 34.7. The Balaban J connectivity index is 0.967. The van der Waals surface area contributed by atoms with Gasteiger partial charge in [0.15, 0.2) is 0 Å². The van der Waals surface area contributed by atoms with Crippen molar-refractivity contribution in [3.8, 4) is 33.4 Å². The summed E-state index contributed by atoms with van der Waals surface area (Å²) in [6.45, 7) is 0. The standard InChI is InChI=1S/C68H45NO/c1-4-18-48(19-5-1)67(61-28-14-10-24-55(61)56-25-11-15-29-62(56)67)51-35-39-53(40-36-51)69(52-37-32-46(33-38-52)47-34-43-66-60(44-47)59-27-13-17-31-65(59)70-66)54-41-42-58-57-26-12-16-30-63(57)68(64(58)45-54,49-20-6-2-7-21-49)50-22-8-3-9-23-50/h1-45H. The number of rotatable bonds is 8. The Morgan fingerprint density at radius 2 is 0.657 bits per heavy atom. The molecule has 11 aromatic carbocycles. The molecule has 70 heavy (non-hydrogen) atoms. The summed E-state index contributed by atoms with van der Waals surface area (Å²) in [7, 11) is 0. The van der Waals surface area contributed by atoms with Crippen molar-refractivity contribution < 1.29 is 4.42 Å². The summed E-state index contributed by atoms with van der Waals surface area (Å²) in [5.41, 5.74) is 21.5. The molecule has 0 saturated carbocycles. The van der Waals surface area contributed by atoms with Crippen LogP contribution in [-0.2, 0) is 10.8 Å². The van der Waals surface area contributed by atoms with Crippen molar-refractivity contribution in [2.24, 2.45) is 0 Å². The summed E-state index contributed by atoms with van der Waals surface area (Å²) in [5, 5.41) is 2.25. The fraction of sp³-hybridized carbons (Fsp3) is 0.0294. The van der Waals surface area contributed by atoms with E-state index in [9.17, 15) is 0 Å². The van der Waals surface area contributed by atoms with E-state index in [1.165, 1.54) is 66.8 Å². The zero-order chi connectivity index (χ0) is 46.2. The molecular weight excluding hydrogens is 847 g/mol. The van der Waals surface area contributed by atoms with Gasteiger partial charge in [0.1, 0.15) is 11.2 Å². The predicted molar refractivity (Wildman–Crippen MR) is 288 cm³/mol. The normalized spacial score (nSPS) is 13.7. The van der Waals surface area contributed by atoms with Crippen molar-refractivity contribution in [3.63, 3.8) is 0 Å². The van der Waals surface area contributed by atoms with Crippen LogP contribution >= 0.6 is 0 Å². The lowest BCUT2D eigenvalue weighted by atomic mass is 9.67. The Bertz CT molecular complexity index is 3840. The molecule has 328 valence electrons. The van der Waals surface area contributed by atoms with E-state index in [0.29, 0.717) is 0 Å². The van der Waals surface area contributed by atoms with Crippen molar-refractivity contribution in [3.05, 3.63) is 317 Å². The SMILES string of the molecule is c1ccc(C2(c3ccc(N(c4ccc(-c5ccc6oc7ccccc7c6c5)cc4)c4ccc5c(c4)C(c4ccccc4)(c4ccccc4)c4ccccc4-5)cc3)c3ccccc3-c3ccccc32)cc1. The second-order valence-corrected chi connectivity index (χ2v) is 18.7. The Hall–Kier alpha value is -8.98. The third kappa shape index (κ3) is 5.80. The molecule has 14 rings (SSSR count). The summed E-state index contributed by atoms with van der Waals surface area (Å²) < 4.78 is 6.22. The lowest BCUT2D eigenvalue weighted by Crippen LogP contribution is -2.29. The van der Waals surface area contributed by atoms with Gasteiger partial charge in [-0.3, -0.25) is 0 Å². The maximum atomic E-state index is 6.22. The molecule has 2 aliphatic rings. The lowest BCUT2D eigenvalue weighted by Gasteiger charge is -2.35. The van der Waals surface area contributed by atoms with Crippen LogP contribution in [-0.4, -0.2) is 0 Å². The molecule has 0 bridgehead atoms. The van der Waals surface area contributed by atoms with Crippen molar-refractivity contribution in [2.45, 2.75) is 10.8 Å². The third-order valence-corrected chi connectivity index (χ3v) is 15.3. The number of furan rings is 1. The largest absolute Gasteiger partial charge is 0.456 e. The molecule has 0 radical (unpaired) electrons. The molecule has 2 aliphatic carbocycles. The van der Waals surface area contributed by atoms with E-state index in [-0.39, 0.29) is 0 Å². The van der Waals surface area contributed by atoms with Gasteiger partial charge in [0.05, 0.1) is 10.8 Å². The second-order valence-electron chi connectivity index (χ2n) is 18.7. The molecule has 0 atom stereocenters. The van der Waals surface area contributed by atoms with Crippen LogP contribution < -0.4 is 4.90 Å². The van der Waals surface area contributed by atoms with Gasteiger partial charge in [-0.2, -0.15) is 0 Å². The highest BCUT2D eigenvalue weighted by molar-refractivity contribution is 6.06. The first-order valence-electron chi connectivity index (χ1n) is 24.2. The summed E-state index contributed by atoms with van der Waals surface area (Å²) in [6, 6.07) is 101. The number of para-hydroxylation sites is 1. The lowest BCUT2D eigenvalue weighted by molar-refractivity contribution is 0.669. The van der Waals surface area contributed by atoms with Crippen LogP contribution in [0.5, 0.6) is 0 Å². The second kappa shape index (κ2) is 15.8. The maximum Gasteiger partial charge on any atom is 0.135 e. The summed E-state index contributed by atoms with van der Waals surface area (Å²) in [5.74, 6) is 0. The van der Waals surface area contributed by atoms with Gasteiger partial charge in [-0.15, -0.1) is 0 Å². The van der Waals surface area contributed by atoms with E-state index < -0.39 is 10.8 Å². The number of hydrogen-bond acceptors (Lipinski definition) is 2. The number of nitrogens with zero attached hydrogens (tertiary/aromatic N) is 1. The Morgan fingerprint density at radius 1 is 0.257 bits per heavy atom. The van der Waals surface area contributed by atoms with Gasteiger partial charge in [0.2, 0.25) is 0 Å². The van der Waals surface area contributed by atoms with Gasteiger partial charge in [0.25, 0.3) is 0 Å². The van der Waals surface area contributed by atoms with Crippen LogP contribution in [0.25, 0.3) is 55.3 Å². The molecule has 0 aliphatic heterocycles. The Morgan fingerprint density at radius 3 is 1.21 bits per heavy atom. The summed E-state index contributed by atoms with van der Waals surface area (Å²) in [6.07, 6.45) is 0. The molecule has 0 saturated heterocycles. The molecule has 2 heteroatoms. The molecule has 2 nitrogen and oxygen atoms in total. The molecule has 12 aromatic rings. The number of anilines is 3. The van der Waals surface area contributed by atoms with Gasteiger partial charge < -0.3 is 9.32 Å². The molecule has 1 aromatic heterocycles. The predicted octanol–water partition coefficient (Wildman–Crippen LogP) is 17.4. The van der Waals surface area contributed by atoms with Crippen molar-refractivity contribution in [1.29, 1.82) is 0 Å². The van der Waals surface area contributed by atoms with Crippen LogP contribution in [0, 0.1) is 0 Å². The fourth-order valence-corrected chi connectivity index (χ4v) is 12.3. The van der Waals surface area contributed by atoms with Crippen LogP contribution in [0.1, 0.15) is 44.5 Å². The zero-order valence-corrected chi connectivity index (χ0v) is 38.3. The van der Waals surface area contributed by atoms with Gasteiger partial charge in [-0.25, -0.2) is 0 Å². The summed E-state index contributed by atoms with van der Waals surface area (Å²) in [4.78, 5) is 2.44. The minimum absolute atomic E-state index is 0.495. The first-order valence-corrected chi connectivity index (χ1v) is 24.2. The van der Waals surface area contributed by atoms with Crippen LogP contribution in [0.15, 0.2) is 277 Å². The highest BCUT2D eigenvalue weighted by atomic mass is 16.3. The Kier molecular flexibility index (Phi) is 9.06. The van der Waals surface area contributed by atoms with Crippen molar-refractivity contribution >= 4 is 39.0 Å². The summed E-state index contributed by atoms with van der Waals surface area (Å²) >= 11 is 0. The number of benzene rings is 11. The number of fused-ring (bicyclic) bond motifs is 9. The molecule has 0 fully saturated rings. The average Bonchev–Trinajstić information content (AvgIpc) is 4.07. The monoisotopic (exact) mass is 891 g/mol. The minimum atomic E-state index is -0.537. The van der Waals surface area contributed by atoms with Crippen LogP contribution in [0.4, 0.5) is 17.1 Å². The average molecular weight is 892 g/mol. The van der Waals surface area contributed by atoms with Crippen LogP contribution in [0.2, 0.25) is 0 Å². The quantitative estimate of drug-likeness (QED) is 0.151. The Labute approximate surface area is 408 Å².